The Morgan fingerprint density at radius 2 is 1.75 bits per heavy atom. The Morgan fingerprint density at radius 1 is 1.08 bits per heavy atom. The van der Waals surface area contributed by atoms with E-state index in [1.54, 1.807) is 29.2 Å². The van der Waals surface area contributed by atoms with Gasteiger partial charge in [-0.05, 0) is 19.1 Å². The highest BCUT2D eigenvalue weighted by molar-refractivity contribution is 6.22. The smallest absolute Gasteiger partial charge is 0.262 e. The average molecular weight is 325 g/mol. The quantitative estimate of drug-likeness (QED) is 0.737. The van der Waals surface area contributed by atoms with E-state index in [0.717, 1.165) is 16.5 Å². The molecule has 1 aromatic heterocycles. The molecule has 0 spiro atoms. The van der Waals surface area contributed by atoms with Gasteiger partial charge in [-0.25, -0.2) is 0 Å². The zero-order chi connectivity index (χ0) is 16.8. The maximum Gasteiger partial charge on any atom is 0.262 e. The van der Waals surface area contributed by atoms with Gasteiger partial charge in [0.05, 0.1) is 17.7 Å². The first kappa shape index (κ1) is 14.6. The molecule has 122 valence electrons. The number of imide groups is 1. The van der Waals surface area contributed by atoms with Crippen molar-refractivity contribution in [2.24, 2.45) is 0 Å². The van der Waals surface area contributed by atoms with Crippen LogP contribution in [0.15, 0.2) is 24.3 Å². The molecule has 0 radical (unpaired) electrons. The molecule has 0 fully saturated rings. The number of amides is 3. The fourth-order valence-corrected chi connectivity index (χ4v) is 3.13. The number of carbonyl (C=O) groups excluding carboxylic acids is 3. The maximum atomic E-state index is 12.5. The number of nitrogens with zero attached hydrogens (tertiary/aromatic N) is 5. The lowest BCUT2D eigenvalue weighted by Crippen LogP contribution is -2.45. The molecule has 0 bridgehead atoms. The van der Waals surface area contributed by atoms with E-state index in [2.05, 4.69) is 10.2 Å². The summed E-state index contributed by atoms with van der Waals surface area (Å²) in [5, 5.41) is 8.06. The molecule has 2 aliphatic heterocycles. The van der Waals surface area contributed by atoms with Gasteiger partial charge in [-0.15, -0.1) is 10.2 Å². The maximum absolute atomic E-state index is 12.5. The van der Waals surface area contributed by atoms with Gasteiger partial charge in [0.15, 0.2) is 5.82 Å². The second-order valence-corrected chi connectivity index (χ2v) is 5.87. The zero-order valence-electron chi connectivity index (χ0n) is 13.1. The van der Waals surface area contributed by atoms with E-state index in [1.165, 1.54) is 0 Å². The summed E-state index contributed by atoms with van der Waals surface area (Å²) < 4.78 is 1.96. The van der Waals surface area contributed by atoms with Crippen molar-refractivity contribution >= 4 is 17.7 Å². The Labute approximate surface area is 137 Å². The van der Waals surface area contributed by atoms with Gasteiger partial charge < -0.3 is 9.47 Å². The summed E-state index contributed by atoms with van der Waals surface area (Å²) in [5.74, 6) is 0.434. The van der Waals surface area contributed by atoms with Gasteiger partial charge in [-0.2, -0.15) is 0 Å². The van der Waals surface area contributed by atoms with Crippen molar-refractivity contribution in [3.63, 3.8) is 0 Å². The molecule has 2 aliphatic rings. The summed E-state index contributed by atoms with van der Waals surface area (Å²) in [6.45, 7) is 3.07. The topological polar surface area (TPSA) is 88.4 Å². The molecule has 4 rings (SSSR count). The predicted octanol–water partition coefficient (Wildman–Crippen LogP) is 0.225. The van der Waals surface area contributed by atoms with Crippen LogP contribution in [0.2, 0.25) is 0 Å². The number of carbonyl (C=O) groups is 3. The number of aryl methyl sites for hydroxylation is 1. The summed E-state index contributed by atoms with van der Waals surface area (Å²) in [5.41, 5.74) is 0.702. The monoisotopic (exact) mass is 325 g/mol. The Bertz CT molecular complexity index is 837. The number of fused-ring (bicyclic) bond motifs is 2. The molecule has 0 unspecified atom stereocenters. The zero-order valence-corrected chi connectivity index (χ0v) is 13.1. The van der Waals surface area contributed by atoms with Crippen molar-refractivity contribution in [3.8, 4) is 0 Å². The van der Waals surface area contributed by atoms with E-state index in [0.29, 0.717) is 30.8 Å². The van der Waals surface area contributed by atoms with Crippen LogP contribution in [0, 0.1) is 6.92 Å². The Kier molecular flexibility index (Phi) is 3.19. The minimum Gasteiger partial charge on any atom is -0.332 e. The van der Waals surface area contributed by atoms with Gasteiger partial charge in [-0.3, -0.25) is 19.3 Å². The van der Waals surface area contributed by atoms with Crippen LogP contribution in [-0.2, 0) is 17.9 Å². The lowest BCUT2D eigenvalue weighted by atomic mass is 10.1. The summed E-state index contributed by atoms with van der Waals surface area (Å²) in [6.07, 6.45) is 0. The second kappa shape index (κ2) is 5.26. The normalized spacial score (nSPS) is 16.4. The number of benzene rings is 1. The van der Waals surface area contributed by atoms with Crippen LogP contribution in [0.5, 0.6) is 0 Å². The molecule has 0 aliphatic carbocycles. The van der Waals surface area contributed by atoms with Crippen LogP contribution in [0.25, 0.3) is 0 Å². The summed E-state index contributed by atoms with van der Waals surface area (Å²) in [6, 6.07) is 6.61. The summed E-state index contributed by atoms with van der Waals surface area (Å²) in [4.78, 5) is 39.8. The number of aromatic nitrogens is 3. The van der Waals surface area contributed by atoms with Gasteiger partial charge in [0.2, 0.25) is 5.91 Å². The van der Waals surface area contributed by atoms with E-state index < -0.39 is 11.8 Å². The van der Waals surface area contributed by atoms with Gasteiger partial charge >= 0.3 is 0 Å². The van der Waals surface area contributed by atoms with Crippen molar-refractivity contribution in [2.75, 3.05) is 13.1 Å². The molecular formula is C16H15N5O3. The molecule has 0 atom stereocenters. The van der Waals surface area contributed by atoms with E-state index in [4.69, 9.17) is 0 Å². The van der Waals surface area contributed by atoms with Crippen LogP contribution in [-0.4, -0.2) is 55.4 Å². The molecule has 8 heteroatoms. The van der Waals surface area contributed by atoms with Gasteiger partial charge in [0.25, 0.3) is 11.8 Å². The van der Waals surface area contributed by atoms with Crippen molar-refractivity contribution < 1.29 is 14.4 Å². The number of hydrogen-bond donors (Lipinski definition) is 0. The lowest BCUT2D eigenvalue weighted by molar-refractivity contribution is -0.133. The predicted molar refractivity (Wildman–Crippen MR) is 82.0 cm³/mol. The molecule has 0 N–H and O–H groups in total. The van der Waals surface area contributed by atoms with Crippen LogP contribution in [0.1, 0.15) is 32.4 Å². The fraction of sp³-hybridized carbons (Fsp3) is 0.312. The van der Waals surface area contributed by atoms with Crippen LogP contribution in [0.4, 0.5) is 0 Å². The second-order valence-electron chi connectivity index (χ2n) is 5.87. The molecule has 2 aromatic rings. The first-order chi connectivity index (χ1) is 11.6. The van der Waals surface area contributed by atoms with E-state index in [-0.39, 0.29) is 12.5 Å². The standard InChI is InChI=1S/C16H15N5O3/c1-10-17-18-13-8-19(6-7-20(10)13)14(22)9-21-15(23)11-4-2-3-5-12(11)16(21)24/h2-5H,6-9H2,1H3. The van der Waals surface area contributed by atoms with Crippen molar-refractivity contribution in [1.82, 2.24) is 24.6 Å². The fourth-order valence-electron chi connectivity index (χ4n) is 3.13. The van der Waals surface area contributed by atoms with E-state index in [1.807, 2.05) is 11.5 Å². The molecule has 24 heavy (non-hydrogen) atoms. The van der Waals surface area contributed by atoms with E-state index in [9.17, 15) is 14.4 Å². The molecule has 3 amide bonds. The minimum absolute atomic E-state index is 0.251. The Morgan fingerprint density at radius 3 is 2.42 bits per heavy atom. The lowest BCUT2D eigenvalue weighted by Gasteiger charge is -2.28. The highest BCUT2D eigenvalue weighted by Crippen LogP contribution is 2.22. The highest BCUT2D eigenvalue weighted by Gasteiger charge is 2.37. The molecule has 0 saturated carbocycles. The largest absolute Gasteiger partial charge is 0.332 e. The van der Waals surface area contributed by atoms with Gasteiger partial charge in [-0.1, -0.05) is 12.1 Å². The third kappa shape index (κ3) is 2.10. The van der Waals surface area contributed by atoms with Crippen molar-refractivity contribution in [3.05, 3.63) is 47.0 Å². The highest BCUT2D eigenvalue weighted by atomic mass is 16.2. The number of rotatable bonds is 2. The van der Waals surface area contributed by atoms with Crippen LogP contribution >= 0.6 is 0 Å². The van der Waals surface area contributed by atoms with Gasteiger partial charge in [0, 0.05) is 13.1 Å². The van der Waals surface area contributed by atoms with Gasteiger partial charge in [0.1, 0.15) is 12.4 Å². The summed E-state index contributed by atoms with van der Waals surface area (Å²) >= 11 is 0. The molecule has 8 nitrogen and oxygen atoms in total. The van der Waals surface area contributed by atoms with Crippen LogP contribution < -0.4 is 0 Å². The molecule has 3 heterocycles. The SMILES string of the molecule is Cc1nnc2n1CCN(C(=O)CN1C(=O)c3ccccc3C1=O)C2. The minimum atomic E-state index is -0.417. The van der Waals surface area contributed by atoms with Crippen molar-refractivity contribution in [1.29, 1.82) is 0 Å². The third-order valence-corrected chi connectivity index (χ3v) is 4.46. The number of hydrogen-bond acceptors (Lipinski definition) is 5. The Hall–Kier alpha value is -3.03. The van der Waals surface area contributed by atoms with E-state index >= 15 is 0 Å². The summed E-state index contributed by atoms with van der Waals surface area (Å²) in [7, 11) is 0. The van der Waals surface area contributed by atoms with Crippen molar-refractivity contribution in [2.45, 2.75) is 20.0 Å². The third-order valence-electron chi connectivity index (χ3n) is 4.46. The first-order valence-corrected chi connectivity index (χ1v) is 7.68. The molecular weight excluding hydrogens is 310 g/mol. The average Bonchev–Trinajstić information content (AvgIpc) is 3.08. The molecule has 0 saturated heterocycles. The molecule has 1 aromatic carbocycles. The first-order valence-electron chi connectivity index (χ1n) is 7.68. The Balaban J connectivity index is 1.50. The van der Waals surface area contributed by atoms with Crippen LogP contribution in [0.3, 0.4) is 0 Å².